The molecule has 6 heteroatoms. The third-order valence-electron chi connectivity index (χ3n) is 7.31. The standard InChI is InChI=1S/C18H19N3O3/c1-16-11-20(15(22)12-3-5-14(6-4-12)21(23)24)18(10-19)9-13(16)7-8-17(16,18)2/h3-6,13H,7-9,11H2,1-2H3/t13-,16-,17+,18-/m0/s1. The van der Waals surface area contributed by atoms with Crippen molar-refractivity contribution >= 4 is 11.6 Å². The van der Waals surface area contributed by atoms with Gasteiger partial charge in [0.15, 0.2) is 0 Å². The zero-order valence-corrected chi connectivity index (χ0v) is 13.8. The summed E-state index contributed by atoms with van der Waals surface area (Å²) in [4.78, 5) is 25.1. The first-order valence-corrected chi connectivity index (χ1v) is 8.27. The number of nitro groups is 1. The molecule has 0 aromatic heterocycles. The van der Waals surface area contributed by atoms with E-state index in [9.17, 15) is 20.2 Å². The average Bonchev–Trinajstić information content (AvgIpc) is 3.03. The number of piperidine rings is 1. The smallest absolute Gasteiger partial charge is 0.269 e. The van der Waals surface area contributed by atoms with Gasteiger partial charge in [0.05, 0.1) is 11.0 Å². The van der Waals surface area contributed by atoms with E-state index in [1.54, 1.807) is 4.90 Å². The summed E-state index contributed by atoms with van der Waals surface area (Å²) in [5, 5.41) is 20.8. The molecule has 6 nitrogen and oxygen atoms in total. The fraction of sp³-hybridized carbons (Fsp3) is 0.556. The highest BCUT2D eigenvalue weighted by atomic mass is 16.6. The summed E-state index contributed by atoms with van der Waals surface area (Å²) < 4.78 is 0. The Bertz CT molecular complexity index is 799. The molecule has 3 aliphatic rings. The third kappa shape index (κ3) is 1.44. The maximum Gasteiger partial charge on any atom is 0.269 e. The normalized spacial score (nSPS) is 39.0. The number of rotatable bonds is 2. The predicted molar refractivity (Wildman–Crippen MR) is 86.0 cm³/mol. The molecule has 3 fully saturated rings. The topological polar surface area (TPSA) is 87.2 Å². The Morgan fingerprint density at radius 1 is 1.38 bits per heavy atom. The third-order valence-corrected chi connectivity index (χ3v) is 7.31. The zero-order valence-electron chi connectivity index (χ0n) is 13.8. The number of nitrogens with zero attached hydrogens (tertiary/aromatic N) is 3. The van der Waals surface area contributed by atoms with Crippen molar-refractivity contribution in [3.8, 4) is 6.07 Å². The Kier molecular flexibility index (Phi) is 2.74. The second kappa shape index (κ2) is 4.35. The highest BCUT2D eigenvalue weighted by Gasteiger charge is 2.78. The summed E-state index contributed by atoms with van der Waals surface area (Å²) in [5.74, 6) is 0.310. The van der Waals surface area contributed by atoms with Crippen molar-refractivity contribution in [2.45, 2.75) is 38.6 Å². The molecule has 1 heterocycles. The van der Waals surface area contributed by atoms with Gasteiger partial charge in [-0.15, -0.1) is 0 Å². The van der Waals surface area contributed by atoms with Crippen LogP contribution in [0.2, 0.25) is 0 Å². The Hall–Kier alpha value is -2.42. The Balaban J connectivity index is 1.72. The summed E-state index contributed by atoms with van der Waals surface area (Å²) >= 11 is 0. The molecule has 0 N–H and O–H groups in total. The van der Waals surface area contributed by atoms with Crippen LogP contribution in [0.4, 0.5) is 5.69 Å². The molecule has 1 amide bonds. The maximum absolute atomic E-state index is 13.0. The number of carbonyl (C=O) groups excluding carboxylic acids is 1. The second-order valence-corrected chi connectivity index (χ2v) is 7.86. The SMILES string of the molecule is C[C@]12CC[C@H]3C[C@@]1(C#N)N(C(=O)c1ccc([N+](=O)[O-])cc1)C[C@@]32C. The minimum Gasteiger partial charge on any atom is -0.319 e. The van der Waals surface area contributed by atoms with Crippen LogP contribution in [0.25, 0.3) is 0 Å². The lowest BCUT2D eigenvalue weighted by Crippen LogP contribution is -2.54. The number of likely N-dealkylation sites (tertiary alicyclic amines) is 1. The number of benzene rings is 1. The minimum atomic E-state index is -0.747. The van der Waals surface area contributed by atoms with E-state index in [2.05, 4.69) is 19.9 Å². The van der Waals surface area contributed by atoms with Crippen LogP contribution < -0.4 is 0 Å². The molecule has 0 radical (unpaired) electrons. The highest BCUT2D eigenvalue weighted by molar-refractivity contribution is 5.96. The highest BCUT2D eigenvalue weighted by Crippen LogP contribution is 2.75. The summed E-state index contributed by atoms with van der Waals surface area (Å²) in [6, 6.07) is 8.15. The molecule has 1 aliphatic heterocycles. The summed E-state index contributed by atoms with van der Waals surface area (Å²) in [7, 11) is 0. The first-order valence-electron chi connectivity index (χ1n) is 8.27. The van der Waals surface area contributed by atoms with Crippen molar-refractivity contribution in [2.24, 2.45) is 16.7 Å². The van der Waals surface area contributed by atoms with Gasteiger partial charge in [0, 0.05) is 29.7 Å². The lowest BCUT2D eigenvalue weighted by molar-refractivity contribution is -0.384. The van der Waals surface area contributed by atoms with E-state index < -0.39 is 10.5 Å². The molecule has 1 aromatic rings. The molecule has 1 aromatic carbocycles. The van der Waals surface area contributed by atoms with Crippen LogP contribution >= 0.6 is 0 Å². The molecule has 2 aliphatic carbocycles. The number of carbonyl (C=O) groups is 1. The molecule has 4 bridgehead atoms. The zero-order chi connectivity index (χ0) is 17.3. The lowest BCUT2D eigenvalue weighted by atomic mass is 9.66. The lowest BCUT2D eigenvalue weighted by Gasteiger charge is -2.43. The van der Waals surface area contributed by atoms with Gasteiger partial charge in [0.25, 0.3) is 11.6 Å². The van der Waals surface area contributed by atoms with E-state index in [0.29, 0.717) is 18.0 Å². The molecule has 24 heavy (non-hydrogen) atoms. The van der Waals surface area contributed by atoms with E-state index in [0.717, 1.165) is 19.3 Å². The van der Waals surface area contributed by atoms with E-state index >= 15 is 0 Å². The van der Waals surface area contributed by atoms with Gasteiger partial charge in [-0.25, -0.2) is 0 Å². The fourth-order valence-corrected chi connectivity index (χ4v) is 5.64. The number of non-ortho nitro benzene ring substituents is 1. The van der Waals surface area contributed by atoms with E-state index in [1.807, 2.05) is 0 Å². The number of nitro benzene ring substituents is 1. The molecule has 0 spiro atoms. The van der Waals surface area contributed by atoms with Crippen molar-refractivity contribution in [1.29, 1.82) is 5.26 Å². The quantitative estimate of drug-likeness (QED) is 0.617. The maximum atomic E-state index is 13.0. The van der Waals surface area contributed by atoms with Gasteiger partial charge in [-0.3, -0.25) is 14.9 Å². The summed E-state index contributed by atoms with van der Waals surface area (Å²) in [6.07, 6.45) is 2.86. The van der Waals surface area contributed by atoms with Crippen LogP contribution in [0.3, 0.4) is 0 Å². The van der Waals surface area contributed by atoms with Gasteiger partial charge < -0.3 is 4.90 Å². The van der Waals surface area contributed by atoms with Crippen LogP contribution in [0, 0.1) is 38.2 Å². The average molecular weight is 325 g/mol. The van der Waals surface area contributed by atoms with Gasteiger partial charge in [-0.2, -0.15) is 5.26 Å². The van der Waals surface area contributed by atoms with Gasteiger partial charge in [0.1, 0.15) is 5.54 Å². The van der Waals surface area contributed by atoms with Gasteiger partial charge in [-0.1, -0.05) is 13.8 Å². The van der Waals surface area contributed by atoms with Crippen LogP contribution in [0.5, 0.6) is 0 Å². The summed E-state index contributed by atoms with van der Waals surface area (Å²) in [6.45, 7) is 4.97. The van der Waals surface area contributed by atoms with Crippen molar-refractivity contribution in [3.05, 3.63) is 39.9 Å². The second-order valence-electron chi connectivity index (χ2n) is 7.86. The largest absolute Gasteiger partial charge is 0.319 e. The van der Waals surface area contributed by atoms with Gasteiger partial charge in [-0.05, 0) is 42.7 Å². The molecule has 0 unspecified atom stereocenters. The van der Waals surface area contributed by atoms with Crippen LogP contribution in [0.15, 0.2) is 24.3 Å². The van der Waals surface area contributed by atoms with Gasteiger partial charge >= 0.3 is 0 Å². The Morgan fingerprint density at radius 2 is 2.04 bits per heavy atom. The molecule has 4 rings (SSSR count). The Labute approximate surface area is 140 Å². The fourth-order valence-electron chi connectivity index (χ4n) is 5.64. The molecular weight excluding hydrogens is 306 g/mol. The number of hydrogen-bond acceptors (Lipinski definition) is 4. The molecular formula is C18H19N3O3. The first-order chi connectivity index (χ1) is 11.3. The number of hydrogen-bond donors (Lipinski definition) is 0. The molecule has 1 saturated heterocycles. The van der Waals surface area contributed by atoms with Crippen molar-refractivity contribution in [2.75, 3.05) is 6.54 Å². The first kappa shape index (κ1) is 15.1. The monoisotopic (exact) mass is 325 g/mol. The van der Waals surface area contributed by atoms with Crippen LogP contribution in [-0.2, 0) is 0 Å². The van der Waals surface area contributed by atoms with E-state index in [1.165, 1.54) is 24.3 Å². The molecule has 124 valence electrons. The Morgan fingerprint density at radius 3 is 2.58 bits per heavy atom. The predicted octanol–water partition coefficient (Wildman–Crippen LogP) is 3.14. The number of nitriles is 1. The minimum absolute atomic E-state index is 0.0147. The van der Waals surface area contributed by atoms with Crippen molar-refractivity contribution < 1.29 is 9.72 Å². The van der Waals surface area contributed by atoms with Crippen LogP contribution in [-0.4, -0.2) is 27.8 Å². The van der Waals surface area contributed by atoms with Gasteiger partial charge in [0.2, 0.25) is 0 Å². The molecule has 2 saturated carbocycles. The van der Waals surface area contributed by atoms with E-state index in [-0.39, 0.29) is 22.4 Å². The summed E-state index contributed by atoms with van der Waals surface area (Å²) in [5.41, 5.74) is -0.563. The van der Waals surface area contributed by atoms with Crippen molar-refractivity contribution in [1.82, 2.24) is 4.90 Å². The van der Waals surface area contributed by atoms with Crippen LogP contribution in [0.1, 0.15) is 43.5 Å². The number of amides is 1. The van der Waals surface area contributed by atoms with E-state index in [4.69, 9.17) is 0 Å². The molecule has 4 atom stereocenters. The van der Waals surface area contributed by atoms with Crippen molar-refractivity contribution in [3.63, 3.8) is 0 Å².